The average molecular weight is 542 g/mol. The normalized spacial score (nSPS) is 12.1. The SMILES string of the molecule is CS(=O)(=O)c1ccccc1-c1nc(S(=O)(=O)c2cc(Cl)cc(Cl)c2)sc1-c1ccc(F)cc1. The second-order valence-electron chi connectivity index (χ2n) is 7.04. The lowest BCUT2D eigenvalue weighted by Crippen LogP contribution is -2.03. The molecule has 170 valence electrons. The molecule has 0 radical (unpaired) electrons. The van der Waals surface area contributed by atoms with Gasteiger partial charge in [0.15, 0.2) is 9.84 Å². The van der Waals surface area contributed by atoms with E-state index < -0.39 is 25.5 Å². The molecule has 11 heteroatoms. The van der Waals surface area contributed by atoms with Crippen LogP contribution >= 0.6 is 34.5 Å². The van der Waals surface area contributed by atoms with Crippen molar-refractivity contribution in [3.63, 3.8) is 0 Å². The van der Waals surface area contributed by atoms with Crippen LogP contribution in [0, 0.1) is 5.82 Å². The highest BCUT2D eigenvalue weighted by Gasteiger charge is 2.28. The van der Waals surface area contributed by atoms with Crippen molar-refractivity contribution in [3.05, 3.63) is 82.6 Å². The molecule has 4 rings (SSSR count). The number of benzene rings is 3. The van der Waals surface area contributed by atoms with Crippen LogP contribution in [0.5, 0.6) is 0 Å². The lowest BCUT2D eigenvalue weighted by molar-refractivity contribution is 0.595. The Morgan fingerprint density at radius 3 is 2.09 bits per heavy atom. The van der Waals surface area contributed by atoms with Crippen molar-refractivity contribution in [2.24, 2.45) is 0 Å². The summed E-state index contributed by atoms with van der Waals surface area (Å²) in [5.41, 5.74) is 0.873. The molecule has 1 heterocycles. The van der Waals surface area contributed by atoms with Crippen molar-refractivity contribution in [3.8, 4) is 21.7 Å². The van der Waals surface area contributed by atoms with Crippen LogP contribution < -0.4 is 0 Å². The van der Waals surface area contributed by atoms with Gasteiger partial charge in [0.1, 0.15) is 5.82 Å². The van der Waals surface area contributed by atoms with Crippen LogP contribution in [0.1, 0.15) is 0 Å². The first-order chi connectivity index (χ1) is 15.5. The maximum Gasteiger partial charge on any atom is 0.233 e. The molecule has 0 spiro atoms. The maximum atomic E-state index is 13.5. The number of thiazole rings is 1. The first-order valence-corrected chi connectivity index (χ1v) is 14.2. The zero-order valence-corrected chi connectivity index (χ0v) is 20.8. The van der Waals surface area contributed by atoms with Gasteiger partial charge >= 0.3 is 0 Å². The fourth-order valence-electron chi connectivity index (χ4n) is 3.17. The highest BCUT2D eigenvalue weighted by Crippen LogP contribution is 2.42. The van der Waals surface area contributed by atoms with Gasteiger partial charge in [-0.3, -0.25) is 0 Å². The Morgan fingerprint density at radius 1 is 0.879 bits per heavy atom. The first-order valence-electron chi connectivity index (χ1n) is 9.24. The van der Waals surface area contributed by atoms with E-state index in [1.807, 2.05) is 0 Å². The second-order valence-corrected chi connectivity index (χ2v) is 13.0. The molecule has 4 aromatic rings. The quantitative estimate of drug-likeness (QED) is 0.302. The molecule has 3 aromatic carbocycles. The van der Waals surface area contributed by atoms with E-state index in [-0.39, 0.29) is 35.4 Å². The standard InChI is InChI=1S/C22H14Cl2FNO4S3/c1-32(27,28)19-5-3-2-4-18(19)20-21(13-6-8-16(25)9-7-13)31-22(26-20)33(29,30)17-11-14(23)10-15(24)12-17/h2-12H,1H3. The molecule has 0 saturated carbocycles. The van der Waals surface area contributed by atoms with Gasteiger partial charge in [-0.2, -0.15) is 0 Å². The Balaban J connectivity index is 2.01. The Kier molecular flexibility index (Phi) is 6.36. The van der Waals surface area contributed by atoms with E-state index in [0.717, 1.165) is 17.6 Å². The van der Waals surface area contributed by atoms with Gasteiger partial charge < -0.3 is 0 Å². The Hall–Kier alpha value is -2.30. The van der Waals surface area contributed by atoms with Crippen LogP contribution in [-0.4, -0.2) is 28.1 Å². The van der Waals surface area contributed by atoms with Crippen molar-refractivity contribution in [1.29, 1.82) is 0 Å². The van der Waals surface area contributed by atoms with Crippen LogP contribution in [0.15, 0.2) is 80.9 Å². The number of hydrogen-bond donors (Lipinski definition) is 0. The number of hydrogen-bond acceptors (Lipinski definition) is 6. The third-order valence-electron chi connectivity index (χ3n) is 4.63. The Bertz CT molecular complexity index is 1560. The van der Waals surface area contributed by atoms with Gasteiger partial charge in [0.25, 0.3) is 0 Å². The molecule has 0 aliphatic carbocycles. The number of sulfone groups is 2. The van der Waals surface area contributed by atoms with Gasteiger partial charge in [0.05, 0.1) is 20.4 Å². The van der Waals surface area contributed by atoms with Gasteiger partial charge in [0, 0.05) is 21.9 Å². The summed E-state index contributed by atoms with van der Waals surface area (Å²) >= 11 is 12.8. The highest BCUT2D eigenvalue weighted by molar-refractivity contribution is 7.93. The van der Waals surface area contributed by atoms with Gasteiger partial charge in [-0.05, 0) is 42.0 Å². The third-order valence-corrected chi connectivity index (χ3v) is 9.44. The molecule has 5 nitrogen and oxygen atoms in total. The van der Waals surface area contributed by atoms with Crippen LogP contribution in [-0.2, 0) is 19.7 Å². The monoisotopic (exact) mass is 541 g/mol. The lowest BCUT2D eigenvalue weighted by atomic mass is 10.1. The summed E-state index contributed by atoms with van der Waals surface area (Å²) in [6.45, 7) is 0. The first kappa shape index (κ1) is 23.8. The molecular formula is C22H14Cl2FNO4S3. The van der Waals surface area contributed by atoms with E-state index in [0.29, 0.717) is 10.4 Å². The Labute approximate surface area is 204 Å². The van der Waals surface area contributed by atoms with Gasteiger partial charge in [-0.1, -0.05) is 53.5 Å². The fourth-order valence-corrected chi connectivity index (χ4v) is 7.48. The molecule has 0 aliphatic rings. The van der Waals surface area contributed by atoms with Crippen molar-refractivity contribution in [2.75, 3.05) is 6.26 Å². The van der Waals surface area contributed by atoms with Crippen LogP contribution in [0.2, 0.25) is 10.0 Å². The van der Waals surface area contributed by atoms with Crippen molar-refractivity contribution in [1.82, 2.24) is 4.98 Å². The van der Waals surface area contributed by atoms with E-state index >= 15 is 0 Å². The van der Waals surface area contributed by atoms with E-state index in [9.17, 15) is 21.2 Å². The number of nitrogens with zero attached hydrogens (tertiary/aromatic N) is 1. The van der Waals surface area contributed by atoms with Gasteiger partial charge in [-0.15, -0.1) is 11.3 Å². The van der Waals surface area contributed by atoms with E-state index in [1.54, 1.807) is 18.2 Å². The van der Waals surface area contributed by atoms with Crippen molar-refractivity contribution in [2.45, 2.75) is 14.1 Å². The van der Waals surface area contributed by atoms with E-state index in [1.165, 1.54) is 48.5 Å². The van der Waals surface area contributed by atoms with Crippen LogP contribution in [0.4, 0.5) is 4.39 Å². The van der Waals surface area contributed by atoms with Gasteiger partial charge in [-0.25, -0.2) is 26.2 Å². The summed E-state index contributed by atoms with van der Waals surface area (Å²) in [6.07, 6.45) is 1.06. The minimum Gasteiger partial charge on any atom is -0.224 e. The maximum absolute atomic E-state index is 13.5. The molecule has 0 atom stereocenters. The zero-order chi connectivity index (χ0) is 24.0. The summed E-state index contributed by atoms with van der Waals surface area (Å²) in [5, 5.41) is 0.276. The summed E-state index contributed by atoms with van der Waals surface area (Å²) in [7, 11) is -7.80. The fraction of sp³-hybridized carbons (Fsp3) is 0.0455. The third kappa shape index (κ3) is 4.83. The molecule has 0 bridgehead atoms. The minimum atomic E-state index is -4.14. The molecule has 0 amide bonds. The summed E-state index contributed by atoms with van der Waals surface area (Å²) < 4.78 is 64.8. The largest absolute Gasteiger partial charge is 0.233 e. The van der Waals surface area contributed by atoms with E-state index in [2.05, 4.69) is 4.98 Å². The number of aromatic nitrogens is 1. The second kappa shape index (κ2) is 8.81. The molecular weight excluding hydrogens is 528 g/mol. The summed E-state index contributed by atoms with van der Waals surface area (Å²) in [5.74, 6) is -0.470. The van der Waals surface area contributed by atoms with Gasteiger partial charge in [0.2, 0.25) is 14.2 Å². The topological polar surface area (TPSA) is 81.2 Å². The number of halogens is 3. The van der Waals surface area contributed by atoms with Crippen LogP contribution in [0.25, 0.3) is 21.7 Å². The highest BCUT2D eigenvalue weighted by atomic mass is 35.5. The minimum absolute atomic E-state index is 0.00610. The van der Waals surface area contributed by atoms with Crippen molar-refractivity contribution >= 4 is 54.2 Å². The molecule has 0 aliphatic heterocycles. The molecule has 0 fully saturated rings. The summed E-state index contributed by atoms with van der Waals surface area (Å²) in [4.78, 5) is 4.56. The smallest absolute Gasteiger partial charge is 0.224 e. The molecule has 33 heavy (non-hydrogen) atoms. The number of rotatable bonds is 5. The lowest BCUT2D eigenvalue weighted by Gasteiger charge is -2.08. The average Bonchev–Trinajstić information content (AvgIpc) is 3.19. The molecule has 0 saturated heterocycles. The zero-order valence-electron chi connectivity index (χ0n) is 16.8. The Morgan fingerprint density at radius 2 is 1.48 bits per heavy atom. The van der Waals surface area contributed by atoms with E-state index in [4.69, 9.17) is 23.2 Å². The molecule has 0 N–H and O–H groups in total. The predicted octanol–water partition coefficient (Wildman–Crippen LogP) is 6.16. The predicted molar refractivity (Wildman–Crippen MR) is 128 cm³/mol. The van der Waals surface area contributed by atoms with Crippen LogP contribution in [0.3, 0.4) is 0 Å². The molecule has 0 unspecified atom stereocenters. The summed E-state index contributed by atoms with van der Waals surface area (Å²) in [6, 6.07) is 15.5. The molecule has 1 aromatic heterocycles. The van der Waals surface area contributed by atoms with Crippen molar-refractivity contribution < 1.29 is 21.2 Å².